The number of rotatable bonds is 3. The Labute approximate surface area is 144 Å². The van der Waals surface area contributed by atoms with Gasteiger partial charge in [0.15, 0.2) is 0 Å². The van der Waals surface area contributed by atoms with Crippen molar-refractivity contribution in [1.29, 1.82) is 0 Å². The van der Waals surface area contributed by atoms with Gasteiger partial charge in [-0.05, 0) is 42.5 Å². The molecule has 116 valence electrons. The summed E-state index contributed by atoms with van der Waals surface area (Å²) in [6.07, 6.45) is 0. The second-order valence-corrected chi connectivity index (χ2v) is 6.32. The molecule has 0 saturated heterocycles. The van der Waals surface area contributed by atoms with Crippen LogP contribution in [0.4, 0.5) is 9.52 Å². The molecule has 0 radical (unpaired) electrons. The predicted molar refractivity (Wildman–Crippen MR) is 89.7 cm³/mol. The highest BCUT2D eigenvalue weighted by Crippen LogP contribution is 2.27. The number of nitrogens with one attached hydrogen (secondary N) is 1. The summed E-state index contributed by atoms with van der Waals surface area (Å²) in [6, 6.07) is 10.5. The molecule has 0 unspecified atom stereocenters. The van der Waals surface area contributed by atoms with Gasteiger partial charge in [-0.15, -0.1) is 10.2 Å². The molecule has 4 nitrogen and oxygen atoms in total. The molecule has 23 heavy (non-hydrogen) atoms. The van der Waals surface area contributed by atoms with Crippen molar-refractivity contribution >= 4 is 45.6 Å². The van der Waals surface area contributed by atoms with Crippen LogP contribution in [-0.4, -0.2) is 16.1 Å². The molecule has 3 aromatic rings. The van der Waals surface area contributed by atoms with Crippen LogP contribution in [0, 0.1) is 5.82 Å². The lowest BCUT2D eigenvalue weighted by atomic mass is 10.2. The van der Waals surface area contributed by atoms with Crippen molar-refractivity contribution in [3.8, 4) is 10.6 Å². The molecule has 0 aliphatic heterocycles. The summed E-state index contributed by atoms with van der Waals surface area (Å²) in [5.41, 5.74) is 1.00. The fourth-order valence-electron chi connectivity index (χ4n) is 1.82. The maximum Gasteiger partial charge on any atom is 0.259 e. The smallest absolute Gasteiger partial charge is 0.259 e. The molecule has 0 spiro atoms. The van der Waals surface area contributed by atoms with E-state index in [9.17, 15) is 9.18 Å². The lowest BCUT2D eigenvalue weighted by molar-refractivity contribution is 0.102. The molecular formula is C15H8Cl2FN3OS. The first-order valence-corrected chi connectivity index (χ1v) is 7.96. The van der Waals surface area contributed by atoms with Crippen molar-refractivity contribution in [3.63, 3.8) is 0 Å². The molecule has 0 aliphatic carbocycles. The molecule has 3 rings (SSSR count). The van der Waals surface area contributed by atoms with Crippen LogP contribution in [0.3, 0.4) is 0 Å². The molecule has 1 aromatic heterocycles. The van der Waals surface area contributed by atoms with Gasteiger partial charge in [0.05, 0.1) is 10.6 Å². The second kappa shape index (κ2) is 6.62. The molecule has 2 aromatic carbocycles. The van der Waals surface area contributed by atoms with Crippen LogP contribution in [0.1, 0.15) is 10.4 Å². The first-order valence-electron chi connectivity index (χ1n) is 6.39. The van der Waals surface area contributed by atoms with E-state index in [0.717, 1.165) is 0 Å². The number of nitrogens with zero attached hydrogens (tertiary/aromatic N) is 2. The Hall–Kier alpha value is -2.02. The van der Waals surface area contributed by atoms with Gasteiger partial charge < -0.3 is 0 Å². The van der Waals surface area contributed by atoms with Crippen molar-refractivity contribution in [3.05, 3.63) is 63.9 Å². The van der Waals surface area contributed by atoms with Gasteiger partial charge in [0.2, 0.25) is 5.13 Å². The van der Waals surface area contributed by atoms with E-state index >= 15 is 0 Å². The lowest BCUT2D eigenvalue weighted by Gasteiger charge is -2.03. The molecule has 0 aliphatic rings. The Bertz CT molecular complexity index is 867. The van der Waals surface area contributed by atoms with Crippen molar-refractivity contribution < 1.29 is 9.18 Å². The third kappa shape index (κ3) is 3.67. The third-order valence-electron chi connectivity index (χ3n) is 2.91. The average Bonchev–Trinajstić information content (AvgIpc) is 2.96. The predicted octanol–water partition coefficient (Wildman–Crippen LogP) is 4.90. The minimum absolute atomic E-state index is 0.248. The summed E-state index contributed by atoms with van der Waals surface area (Å²) in [7, 11) is 0. The minimum Gasteiger partial charge on any atom is -0.296 e. The van der Waals surface area contributed by atoms with Crippen molar-refractivity contribution in [2.75, 3.05) is 5.32 Å². The number of amides is 1. The van der Waals surface area contributed by atoms with E-state index in [1.807, 2.05) is 0 Å². The van der Waals surface area contributed by atoms with Crippen LogP contribution < -0.4 is 5.32 Å². The van der Waals surface area contributed by atoms with Gasteiger partial charge in [0.25, 0.3) is 5.91 Å². The SMILES string of the molecule is O=C(Nc1nnc(-c2ccc(F)cc2)s1)c1ccc(Cl)cc1Cl. The zero-order valence-corrected chi connectivity index (χ0v) is 13.7. The standard InChI is InChI=1S/C15H8Cl2FN3OS/c16-9-3-6-11(12(17)7-9)13(22)19-15-21-20-14(23-15)8-1-4-10(18)5-2-8/h1-7H,(H,19,21,22). The van der Waals surface area contributed by atoms with Gasteiger partial charge in [-0.1, -0.05) is 34.5 Å². The van der Waals surface area contributed by atoms with E-state index in [0.29, 0.717) is 20.7 Å². The number of anilines is 1. The summed E-state index contributed by atoms with van der Waals surface area (Å²) in [5.74, 6) is -0.738. The maximum atomic E-state index is 12.9. The monoisotopic (exact) mass is 367 g/mol. The van der Waals surface area contributed by atoms with E-state index < -0.39 is 5.91 Å². The van der Waals surface area contributed by atoms with Gasteiger partial charge in [-0.3, -0.25) is 10.1 Å². The number of carbonyl (C=O) groups excluding carboxylic acids is 1. The Morgan fingerprint density at radius 2 is 1.83 bits per heavy atom. The number of carbonyl (C=O) groups is 1. The van der Waals surface area contributed by atoms with Crippen LogP contribution in [0.25, 0.3) is 10.6 Å². The van der Waals surface area contributed by atoms with E-state index in [1.54, 1.807) is 18.2 Å². The van der Waals surface area contributed by atoms with Gasteiger partial charge >= 0.3 is 0 Å². The molecule has 8 heteroatoms. The Kier molecular flexibility index (Phi) is 4.56. The topological polar surface area (TPSA) is 54.9 Å². The number of benzene rings is 2. The minimum atomic E-state index is -0.409. The van der Waals surface area contributed by atoms with E-state index in [4.69, 9.17) is 23.2 Å². The molecule has 1 amide bonds. The molecule has 1 heterocycles. The quantitative estimate of drug-likeness (QED) is 0.715. The van der Waals surface area contributed by atoms with E-state index in [-0.39, 0.29) is 16.4 Å². The zero-order chi connectivity index (χ0) is 16.4. The van der Waals surface area contributed by atoms with Crippen LogP contribution in [0.5, 0.6) is 0 Å². The maximum absolute atomic E-state index is 12.9. The molecular weight excluding hydrogens is 360 g/mol. The fraction of sp³-hybridized carbons (Fsp3) is 0. The largest absolute Gasteiger partial charge is 0.296 e. The lowest BCUT2D eigenvalue weighted by Crippen LogP contribution is -2.12. The first kappa shape index (κ1) is 15.9. The Morgan fingerprint density at radius 1 is 1.09 bits per heavy atom. The van der Waals surface area contributed by atoms with Crippen molar-refractivity contribution in [2.24, 2.45) is 0 Å². The Balaban J connectivity index is 1.78. The molecule has 0 saturated carbocycles. The van der Waals surface area contributed by atoms with Crippen molar-refractivity contribution in [1.82, 2.24) is 10.2 Å². The number of aromatic nitrogens is 2. The molecule has 0 atom stereocenters. The summed E-state index contributed by atoms with van der Waals surface area (Å²) in [5, 5.41) is 12.1. The summed E-state index contributed by atoms with van der Waals surface area (Å²) >= 11 is 13.0. The highest BCUT2D eigenvalue weighted by molar-refractivity contribution is 7.18. The van der Waals surface area contributed by atoms with Crippen LogP contribution in [0.2, 0.25) is 10.0 Å². The second-order valence-electron chi connectivity index (χ2n) is 4.50. The van der Waals surface area contributed by atoms with Gasteiger partial charge in [-0.25, -0.2) is 4.39 Å². The van der Waals surface area contributed by atoms with Crippen LogP contribution in [-0.2, 0) is 0 Å². The van der Waals surface area contributed by atoms with Gasteiger partial charge in [0.1, 0.15) is 10.8 Å². The molecule has 1 N–H and O–H groups in total. The summed E-state index contributed by atoms with van der Waals surface area (Å²) in [4.78, 5) is 12.2. The Morgan fingerprint density at radius 3 is 2.52 bits per heavy atom. The number of hydrogen-bond donors (Lipinski definition) is 1. The first-order chi connectivity index (χ1) is 11.0. The van der Waals surface area contributed by atoms with Gasteiger partial charge in [0, 0.05) is 10.6 Å². The summed E-state index contributed by atoms with van der Waals surface area (Å²) < 4.78 is 12.9. The van der Waals surface area contributed by atoms with Crippen LogP contribution >= 0.6 is 34.5 Å². The third-order valence-corrected chi connectivity index (χ3v) is 4.35. The molecule has 0 fully saturated rings. The number of halogens is 3. The number of hydrogen-bond acceptors (Lipinski definition) is 4. The highest BCUT2D eigenvalue weighted by atomic mass is 35.5. The fourth-order valence-corrected chi connectivity index (χ4v) is 3.06. The zero-order valence-electron chi connectivity index (χ0n) is 11.4. The highest BCUT2D eigenvalue weighted by Gasteiger charge is 2.14. The summed E-state index contributed by atoms with van der Waals surface area (Å²) in [6.45, 7) is 0. The van der Waals surface area contributed by atoms with E-state index in [2.05, 4.69) is 15.5 Å². The van der Waals surface area contributed by atoms with Gasteiger partial charge in [-0.2, -0.15) is 0 Å². The van der Waals surface area contributed by atoms with Crippen LogP contribution in [0.15, 0.2) is 42.5 Å². The van der Waals surface area contributed by atoms with E-state index in [1.165, 1.54) is 35.6 Å². The molecule has 0 bridgehead atoms. The normalized spacial score (nSPS) is 10.6. The van der Waals surface area contributed by atoms with Crippen molar-refractivity contribution in [2.45, 2.75) is 0 Å². The average molecular weight is 368 g/mol.